The number of hydrogen-bond donors (Lipinski definition) is 4. The Morgan fingerprint density at radius 2 is 1.56 bits per heavy atom. The Morgan fingerprint density at radius 3 is 2.20 bits per heavy atom. The molecule has 1 aromatic heterocycles. The molecule has 0 radical (unpaired) electrons. The van der Waals surface area contributed by atoms with Crippen LogP contribution in [0.1, 0.15) is 75.5 Å². The van der Waals surface area contributed by atoms with Gasteiger partial charge in [-0.2, -0.15) is 0 Å². The molecular formula is C38H48BN5O6. The van der Waals surface area contributed by atoms with Crippen molar-refractivity contribution in [1.82, 2.24) is 25.9 Å². The van der Waals surface area contributed by atoms with Crippen LogP contribution in [0.4, 0.5) is 0 Å². The lowest BCUT2D eigenvalue weighted by molar-refractivity contribution is -0.199. The van der Waals surface area contributed by atoms with E-state index in [1.54, 1.807) is 12.1 Å². The van der Waals surface area contributed by atoms with Crippen LogP contribution in [0.2, 0.25) is 0 Å². The van der Waals surface area contributed by atoms with Crippen LogP contribution in [0.15, 0.2) is 73.2 Å². The van der Waals surface area contributed by atoms with Crippen LogP contribution >= 0.6 is 0 Å². The van der Waals surface area contributed by atoms with Gasteiger partial charge in [0.1, 0.15) is 23.5 Å². The molecule has 2 heterocycles. The van der Waals surface area contributed by atoms with Crippen molar-refractivity contribution in [2.45, 2.75) is 96.5 Å². The predicted molar refractivity (Wildman–Crippen MR) is 189 cm³/mol. The summed E-state index contributed by atoms with van der Waals surface area (Å²) in [4.78, 5) is 49.6. The number of nitrogens with zero attached hydrogens (tertiary/aromatic N) is 2. The second-order valence-corrected chi connectivity index (χ2v) is 15.3. The number of benzene rings is 2. The standard InChI is InChI=1S/C38H48BN5O6/c1-23(2)17-33(39-49-32-21-26-20-31(37(26,3)4)38(32,5)50-39)44-35(47)29(18-24-9-7-6-8-10-24)42-34(46)28(19-25-11-13-27(45)14-12-25)43-36(48)30-22-40-15-16-41-30/h6-16,22-23,26,28-29,31-33,45H,17-21H2,1-5H3,(H,42,46)(H,43,48)(H,44,47)/t26-,28-,29-,31-,32-,33-,38+/m0/s1. The number of carbonyl (C=O) groups is 3. The molecule has 1 aliphatic heterocycles. The van der Waals surface area contributed by atoms with E-state index in [2.05, 4.69) is 60.5 Å². The number of phenolic OH excluding ortho intramolecular Hbond substituents is 1. The lowest BCUT2D eigenvalue weighted by Crippen LogP contribution is -2.65. The second kappa shape index (κ2) is 14.5. The van der Waals surface area contributed by atoms with Crippen molar-refractivity contribution in [3.8, 4) is 5.75 Å². The maximum Gasteiger partial charge on any atom is 0.481 e. The van der Waals surface area contributed by atoms with E-state index in [0.717, 1.165) is 18.4 Å². The normalized spacial score (nSPS) is 25.1. The molecule has 2 bridgehead atoms. The smallest absolute Gasteiger partial charge is 0.481 e. The van der Waals surface area contributed by atoms with Crippen molar-refractivity contribution in [3.05, 3.63) is 90.0 Å². The van der Waals surface area contributed by atoms with Crippen molar-refractivity contribution in [2.75, 3.05) is 0 Å². The third-order valence-corrected chi connectivity index (χ3v) is 11.1. The van der Waals surface area contributed by atoms with Crippen LogP contribution in [0.5, 0.6) is 5.75 Å². The highest BCUT2D eigenvalue weighted by molar-refractivity contribution is 6.48. The van der Waals surface area contributed by atoms with Gasteiger partial charge in [-0.3, -0.25) is 19.4 Å². The van der Waals surface area contributed by atoms with Crippen molar-refractivity contribution in [3.63, 3.8) is 0 Å². The molecule has 3 aliphatic carbocycles. The fourth-order valence-electron chi connectivity index (χ4n) is 8.16. The zero-order chi connectivity index (χ0) is 35.6. The van der Waals surface area contributed by atoms with Gasteiger partial charge < -0.3 is 30.4 Å². The molecule has 0 spiro atoms. The van der Waals surface area contributed by atoms with Crippen LogP contribution < -0.4 is 16.0 Å². The fourth-order valence-corrected chi connectivity index (χ4v) is 8.16. The molecule has 50 heavy (non-hydrogen) atoms. The summed E-state index contributed by atoms with van der Waals surface area (Å²) in [5, 5.41) is 18.7. The van der Waals surface area contributed by atoms with Gasteiger partial charge >= 0.3 is 7.12 Å². The quantitative estimate of drug-likeness (QED) is 0.197. The van der Waals surface area contributed by atoms with Crippen LogP contribution in [0.25, 0.3) is 0 Å². The number of rotatable bonds is 13. The molecule has 3 amide bonds. The molecular weight excluding hydrogens is 633 g/mol. The average Bonchev–Trinajstić information content (AvgIpc) is 3.46. The molecule has 1 saturated heterocycles. The van der Waals surface area contributed by atoms with Crippen molar-refractivity contribution >= 4 is 24.8 Å². The van der Waals surface area contributed by atoms with Gasteiger partial charge in [-0.1, -0.05) is 70.2 Å². The summed E-state index contributed by atoms with van der Waals surface area (Å²) in [5.41, 5.74) is 1.38. The van der Waals surface area contributed by atoms with Crippen LogP contribution in [0.3, 0.4) is 0 Å². The maximum absolute atomic E-state index is 14.3. The minimum absolute atomic E-state index is 0.0331. The molecule has 3 aromatic rings. The Hall–Kier alpha value is -4.29. The monoisotopic (exact) mass is 681 g/mol. The van der Waals surface area contributed by atoms with Gasteiger partial charge in [0, 0.05) is 25.2 Å². The molecule has 11 nitrogen and oxygen atoms in total. The summed E-state index contributed by atoms with van der Waals surface area (Å²) in [6.07, 6.45) is 7.16. The minimum atomic E-state index is -1.06. The summed E-state index contributed by atoms with van der Waals surface area (Å²) in [7, 11) is -0.618. The summed E-state index contributed by atoms with van der Waals surface area (Å²) < 4.78 is 13.4. The van der Waals surface area contributed by atoms with Crippen molar-refractivity contribution in [1.29, 1.82) is 0 Å². The van der Waals surface area contributed by atoms with Gasteiger partial charge in [-0.05, 0) is 72.6 Å². The van der Waals surface area contributed by atoms with Gasteiger partial charge in [0.05, 0.1) is 23.8 Å². The van der Waals surface area contributed by atoms with Crippen LogP contribution in [0, 0.1) is 23.2 Å². The zero-order valence-corrected chi connectivity index (χ0v) is 29.5. The lowest BCUT2D eigenvalue weighted by Gasteiger charge is -2.64. The van der Waals surface area contributed by atoms with E-state index < -0.39 is 42.6 Å². The molecule has 264 valence electrons. The van der Waals surface area contributed by atoms with E-state index in [9.17, 15) is 19.5 Å². The summed E-state index contributed by atoms with van der Waals surface area (Å²) in [5.74, 6) is -0.630. The zero-order valence-electron chi connectivity index (χ0n) is 29.5. The molecule has 2 aromatic carbocycles. The van der Waals surface area contributed by atoms with Gasteiger partial charge in [0.2, 0.25) is 11.8 Å². The lowest BCUT2D eigenvalue weighted by atomic mass is 9.43. The molecule has 7 rings (SSSR count). The van der Waals surface area contributed by atoms with E-state index in [0.29, 0.717) is 23.8 Å². The molecule has 3 saturated carbocycles. The molecule has 4 fully saturated rings. The highest BCUT2D eigenvalue weighted by Gasteiger charge is 2.68. The van der Waals surface area contributed by atoms with E-state index in [1.165, 1.54) is 30.7 Å². The Labute approximate surface area is 294 Å². The van der Waals surface area contributed by atoms with E-state index >= 15 is 0 Å². The molecule has 12 heteroatoms. The molecule has 4 N–H and O–H groups in total. The van der Waals surface area contributed by atoms with Gasteiger partial charge in [-0.25, -0.2) is 4.98 Å². The summed E-state index contributed by atoms with van der Waals surface area (Å²) in [6, 6.07) is 13.8. The highest BCUT2D eigenvalue weighted by atomic mass is 16.7. The number of phenols is 1. The molecule has 4 aliphatic rings. The van der Waals surface area contributed by atoms with Gasteiger partial charge in [-0.15, -0.1) is 0 Å². The first-order valence-corrected chi connectivity index (χ1v) is 17.7. The number of carbonyl (C=O) groups excluding carboxylic acids is 3. The van der Waals surface area contributed by atoms with E-state index in [1.807, 2.05) is 30.3 Å². The SMILES string of the molecule is CC(C)C[C@H](NC(=O)[C@H](Cc1ccccc1)NC(=O)[C@H](Cc1ccc(O)cc1)NC(=O)c1cnccn1)B1O[C@H]2C[C@@H]3C[C@@H](C3(C)C)[C@@]2(C)O1. The van der Waals surface area contributed by atoms with Crippen LogP contribution in [-0.2, 0) is 31.7 Å². The van der Waals surface area contributed by atoms with Crippen molar-refractivity contribution < 1.29 is 28.8 Å². The van der Waals surface area contributed by atoms with Crippen molar-refractivity contribution in [2.24, 2.45) is 23.2 Å². The number of aromatic nitrogens is 2. The highest BCUT2D eigenvalue weighted by Crippen LogP contribution is 2.65. The Balaban J connectivity index is 1.23. The van der Waals surface area contributed by atoms with E-state index in [4.69, 9.17) is 9.31 Å². The first-order chi connectivity index (χ1) is 23.8. The van der Waals surface area contributed by atoms with Crippen LogP contribution in [-0.4, -0.2) is 69.6 Å². The number of hydrogen-bond acceptors (Lipinski definition) is 8. The molecule has 7 atom stereocenters. The average molecular weight is 682 g/mol. The maximum atomic E-state index is 14.3. The van der Waals surface area contributed by atoms with Gasteiger partial charge in [0.25, 0.3) is 5.91 Å². The number of aromatic hydroxyl groups is 1. The minimum Gasteiger partial charge on any atom is -0.508 e. The summed E-state index contributed by atoms with van der Waals surface area (Å²) in [6.45, 7) is 11.0. The third kappa shape index (κ3) is 7.56. The summed E-state index contributed by atoms with van der Waals surface area (Å²) >= 11 is 0. The first-order valence-electron chi connectivity index (χ1n) is 17.7. The van der Waals surface area contributed by atoms with Gasteiger partial charge in [0.15, 0.2) is 0 Å². The fraction of sp³-hybridized carbons (Fsp3) is 0.500. The second-order valence-electron chi connectivity index (χ2n) is 15.3. The Kier molecular flexibility index (Phi) is 10.3. The van der Waals surface area contributed by atoms with E-state index in [-0.39, 0.29) is 47.6 Å². The third-order valence-electron chi connectivity index (χ3n) is 11.1. The number of amides is 3. The number of nitrogens with one attached hydrogen (secondary N) is 3. The largest absolute Gasteiger partial charge is 0.508 e. The predicted octanol–water partition coefficient (Wildman–Crippen LogP) is 4.05. The molecule has 0 unspecified atom stereocenters. The Morgan fingerprint density at radius 1 is 0.900 bits per heavy atom. The first kappa shape index (κ1) is 35.5. The topological polar surface area (TPSA) is 152 Å². The Bertz CT molecular complexity index is 1660.